The summed E-state index contributed by atoms with van der Waals surface area (Å²) in [5.41, 5.74) is 5.78. The van der Waals surface area contributed by atoms with Crippen molar-refractivity contribution in [2.24, 2.45) is 11.7 Å². The van der Waals surface area contributed by atoms with Crippen LogP contribution in [0.2, 0.25) is 0 Å². The van der Waals surface area contributed by atoms with Gasteiger partial charge >= 0.3 is 0 Å². The summed E-state index contributed by atoms with van der Waals surface area (Å²) in [5, 5.41) is 0. The van der Waals surface area contributed by atoms with Gasteiger partial charge in [0.05, 0.1) is 12.0 Å². The third-order valence-corrected chi connectivity index (χ3v) is 3.78. The molecule has 1 rings (SSSR count). The van der Waals surface area contributed by atoms with Crippen LogP contribution in [0.1, 0.15) is 33.1 Å². The van der Waals surface area contributed by atoms with E-state index in [-0.39, 0.29) is 24.0 Å². The zero-order valence-corrected chi connectivity index (χ0v) is 12.4. The van der Waals surface area contributed by atoms with E-state index in [2.05, 4.69) is 0 Å². The summed E-state index contributed by atoms with van der Waals surface area (Å²) >= 11 is 0. The average molecular weight is 272 g/mol. The zero-order valence-electron chi connectivity index (χ0n) is 12.4. The molecule has 1 amide bonds. The molecule has 1 saturated heterocycles. The number of methoxy groups -OCH3 is 1. The third-order valence-electron chi connectivity index (χ3n) is 3.78. The third kappa shape index (κ3) is 5.47. The molecule has 0 radical (unpaired) electrons. The monoisotopic (exact) mass is 272 g/mol. The van der Waals surface area contributed by atoms with E-state index in [4.69, 9.17) is 15.2 Å². The van der Waals surface area contributed by atoms with Crippen LogP contribution in [-0.2, 0) is 14.3 Å². The number of hydrogen-bond acceptors (Lipinski definition) is 4. The minimum atomic E-state index is -0.0980. The Balaban J connectivity index is 2.23. The fourth-order valence-electron chi connectivity index (χ4n) is 2.21. The number of carbonyl (C=O) groups excluding carboxylic acids is 1. The number of ether oxygens (including phenoxy) is 2. The van der Waals surface area contributed by atoms with Crippen molar-refractivity contribution in [3.05, 3.63) is 0 Å². The summed E-state index contributed by atoms with van der Waals surface area (Å²) in [7, 11) is 1.70. The predicted octanol–water partition coefficient (Wildman–Crippen LogP) is 1.01. The van der Waals surface area contributed by atoms with Crippen LogP contribution in [0.25, 0.3) is 0 Å². The van der Waals surface area contributed by atoms with Gasteiger partial charge < -0.3 is 20.1 Å². The van der Waals surface area contributed by atoms with Gasteiger partial charge in [-0.3, -0.25) is 4.79 Å². The van der Waals surface area contributed by atoms with Gasteiger partial charge in [-0.15, -0.1) is 0 Å². The van der Waals surface area contributed by atoms with Crippen LogP contribution in [0, 0.1) is 5.92 Å². The molecule has 0 bridgehead atoms. The summed E-state index contributed by atoms with van der Waals surface area (Å²) in [5.74, 6) is 0.0759. The van der Waals surface area contributed by atoms with Crippen LogP contribution >= 0.6 is 0 Å². The first kappa shape index (κ1) is 16.4. The quantitative estimate of drug-likeness (QED) is 0.703. The van der Waals surface area contributed by atoms with Crippen molar-refractivity contribution in [1.29, 1.82) is 0 Å². The first-order valence-corrected chi connectivity index (χ1v) is 7.21. The van der Waals surface area contributed by atoms with Crippen molar-refractivity contribution in [2.45, 2.75) is 45.3 Å². The Kier molecular flexibility index (Phi) is 7.34. The van der Waals surface area contributed by atoms with Gasteiger partial charge in [0, 0.05) is 39.5 Å². The van der Waals surface area contributed by atoms with E-state index >= 15 is 0 Å². The number of carbonyl (C=O) groups is 1. The molecule has 0 aromatic carbocycles. The Morgan fingerprint density at radius 1 is 1.32 bits per heavy atom. The first-order chi connectivity index (χ1) is 9.06. The average Bonchev–Trinajstić information content (AvgIpc) is 2.42. The largest absolute Gasteiger partial charge is 0.385 e. The van der Waals surface area contributed by atoms with Crippen LogP contribution in [0.3, 0.4) is 0 Å². The zero-order chi connectivity index (χ0) is 14.3. The second-order valence-electron chi connectivity index (χ2n) is 5.39. The molecule has 5 nitrogen and oxygen atoms in total. The molecule has 0 aromatic rings. The molecule has 1 aliphatic heterocycles. The number of rotatable bonds is 7. The second-order valence-corrected chi connectivity index (χ2v) is 5.39. The van der Waals surface area contributed by atoms with Crippen LogP contribution in [0.15, 0.2) is 0 Å². The van der Waals surface area contributed by atoms with Crippen LogP contribution in [-0.4, -0.2) is 56.4 Å². The van der Waals surface area contributed by atoms with Gasteiger partial charge in [0.25, 0.3) is 0 Å². The molecule has 112 valence electrons. The van der Waals surface area contributed by atoms with E-state index in [1.165, 1.54) is 0 Å². The highest BCUT2D eigenvalue weighted by atomic mass is 16.5. The Morgan fingerprint density at radius 3 is 2.47 bits per heavy atom. The minimum absolute atomic E-state index is 0.0875. The normalized spacial score (nSPS) is 20.3. The fraction of sp³-hybridized carbons (Fsp3) is 0.929. The highest BCUT2D eigenvalue weighted by Crippen LogP contribution is 2.17. The summed E-state index contributed by atoms with van der Waals surface area (Å²) in [6, 6.07) is -0.0875. The van der Waals surface area contributed by atoms with E-state index in [9.17, 15) is 4.79 Å². The predicted molar refractivity (Wildman–Crippen MR) is 74.9 cm³/mol. The smallest absolute Gasteiger partial charge is 0.226 e. The Hall–Kier alpha value is -0.650. The molecule has 1 fully saturated rings. The number of likely N-dealkylation sites (tertiary alicyclic amines) is 1. The number of piperidine rings is 1. The Morgan fingerprint density at radius 2 is 1.95 bits per heavy atom. The number of amides is 1. The van der Waals surface area contributed by atoms with Crippen molar-refractivity contribution >= 4 is 5.91 Å². The van der Waals surface area contributed by atoms with Gasteiger partial charge in [0.1, 0.15) is 0 Å². The topological polar surface area (TPSA) is 64.8 Å². The molecule has 0 spiro atoms. The SMILES string of the molecule is COCCCOC1CCN(C(=O)C(C)C(C)N)CC1. The number of nitrogens with zero attached hydrogens (tertiary/aromatic N) is 1. The number of hydrogen-bond donors (Lipinski definition) is 1. The maximum Gasteiger partial charge on any atom is 0.226 e. The maximum absolute atomic E-state index is 12.1. The minimum Gasteiger partial charge on any atom is -0.385 e. The molecule has 0 aliphatic carbocycles. The van der Waals surface area contributed by atoms with Crippen LogP contribution < -0.4 is 5.73 Å². The molecule has 2 unspecified atom stereocenters. The number of nitrogens with two attached hydrogens (primary N) is 1. The fourth-order valence-corrected chi connectivity index (χ4v) is 2.21. The van der Waals surface area contributed by atoms with Crippen molar-refractivity contribution in [2.75, 3.05) is 33.4 Å². The summed E-state index contributed by atoms with van der Waals surface area (Å²) < 4.78 is 10.8. The van der Waals surface area contributed by atoms with Gasteiger partial charge in [-0.1, -0.05) is 6.92 Å². The molecule has 19 heavy (non-hydrogen) atoms. The van der Waals surface area contributed by atoms with E-state index in [0.29, 0.717) is 0 Å². The summed E-state index contributed by atoms with van der Waals surface area (Å²) in [6.07, 6.45) is 3.05. The summed E-state index contributed by atoms with van der Waals surface area (Å²) in [6.45, 7) is 6.83. The molecule has 1 aliphatic rings. The van der Waals surface area contributed by atoms with Gasteiger partial charge in [0.2, 0.25) is 5.91 Å². The van der Waals surface area contributed by atoms with E-state index in [0.717, 1.165) is 45.6 Å². The molecule has 2 N–H and O–H groups in total. The molecular weight excluding hydrogens is 244 g/mol. The maximum atomic E-state index is 12.1. The highest BCUT2D eigenvalue weighted by molar-refractivity contribution is 5.79. The lowest BCUT2D eigenvalue weighted by Crippen LogP contribution is -2.46. The van der Waals surface area contributed by atoms with Gasteiger partial charge in [0.15, 0.2) is 0 Å². The molecule has 1 heterocycles. The van der Waals surface area contributed by atoms with Crippen LogP contribution in [0.4, 0.5) is 0 Å². The van der Waals surface area contributed by atoms with Crippen LogP contribution in [0.5, 0.6) is 0 Å². The van der Waals surface area contributed by atoms with E-state index < -0.39 is 0 Å². The lowest BCUT2D eigenvalue weighted by molar-refractivity contribution is -0.138. The molecular formula is C14H28N2O3. The van der Waals surface area contributed by atoms with Gasteiger partial charge in [-0.25, -0.2) is 0 Å². The lowest BCUT2D eigenvalue weighted by atomic mass is 10.0. The molecule has 0 saturated carbocycles. The lowest BCUT2D eigenvalue weighted by Gasteiger charge is -2.34. The Labute approximate surface area is 116 Å². The van der Waals surface area contributed by atoms with Crippen molar-refractivity contribution in [1.82, 2.24) is 4.90 Å². The van der Waals surface area contributed by atoms with Crippen molar-refractivity contribution < 1.29 is 14.3 Å². The molecule has 0 aromatic heterocycles. The van der Waals surface area contributed by atoms with Crippen molar-refractivity contribution in [3.8, 4) is 0 Å². The highest BCUT2D eigenvalue weighted by Gasteiger charge is 2.27. The second kappa shape index (κ2) is 8.51. The van der Waals surface area contributed by atoms with E-state index in [1.807, 2.05) is 18.7 Å². The first-order valence-electron chi connectivity index (χ1n) is 7.21. The van der Waals surface area contributed by atoms with Gasteiger partial charge in [-0.05, 0) is 26.2 Å². The molecule has 2 atom stereocenters. The van der Waals surface area contributed by atoms with Gasteiger partial charge in [-0.2, -0.15) is 0 Å². The summed E-state index contributed by atoms with van der Waals surface area (Å²) in [4.78, 5) is 14.1. The Bertz CT molecular complexity index is 263. The standard InChI is InChI=1S/C14H28N2O3/c1-11(12(2)15)14(17)16-7-5-13(6-8-16)19-10-4-9-18-3/h11-13H,4-10,15H2,1-3H3. The molecule has 5 heteroatoms. The van der Waals surface area contributed by atoms with E-state index in [1.54, 1.807) is 7.11 Å². The van der Waals surface area contributed by atoms with Crippen molar-refractivity contribution in [3.63, 3.8) is 0 Å².